The van der Waals surface area contributed by atoms with Crippen molar-refractivity contribution in [3.8, 4) is 11.3 Å². The zero-order valence-electron chi connectivity index (χ0n) is 21.6. The second kappa shape index (κ2) is 13.0. The number of amides is 1. The topological polar surface area (TPSA) is 99.7 Å². The summed E-state index contributed by atoms with van der Waals surface area (Å²) in [5.74, 6) is 0. The van der Waals surface area contributed by atoms with Crippen LogP contribution in [0, 0.1) is 6.92 Å². The Morgan fingerprint density at radius 2 is 1.45 bits per heavy atom. The summed E-state index contributed by atoms with van der Waals surface area (Å²) in [4.78, 5) is 18.4. The van der Waals surface area contributed by atoms with Crippen molar-refractivity contribution in [2.45, 2.75) is 50.9 Å². The van der Waals surface area contributed by atoms with Crippen molar-refractivity contribution in [3.63, 3.8) is 0 Å². The lowest BCUT2D eigenvalue weighted by molar-refractivity contribution is 0.0740. The Labute approximate surface area is 224 Å². The first-order valence-corrected chi connectivity index (χ1v) is 12.9. The summed E-state index contributed by atoms with van der Waals surface area (Å²) in [6.07, 6.45) is 1.15. The van der Waals surface area contributed by atoms with Crippen LogP contribution in [0.5, 0.6) is 0 Å². The first-order chi connectivity index (χ1) is 18.4. The quantitative estimate of drug-likeness (QED) is 0.249. The van der Waals surface area contributed by atoms with Gasteiger partial charge in [0.05, 0.1) is 11.8 Å². The van der Waals surface area contributed by atoms with Gasteiger partial charge in [0.25, 0.3) is 0 Å². The number of rotatable bonds is 11. The van der Waals surface area contributed by atoms with Gasteiger partial charge in [-0.3, -0.25) is 4.98 Å². The number of hydrogen-bond acceptors (Lipinski definition) is 4. The van der Waals surface area contributed by atoms with Gasteiger partial charge in [0.1, 0.15) is 0 Å². The maximum absolute atomic E-state index is 12.4. The second-order valence-electron chi connectivity index (χ2n) is 9.83. The molecule has 4 aromatic rings. The Kier molecular flexibility index (Phi) is 9.25. The molecule has 38 heavy (non-hydrogen) atoms. The Bertz CT molecular complexity index is 1280. The van der Waals surface area contributed by atoms with Gasteiger partial charge in [0, 0.05) is 30.4 Å². The van der Waals surface area contributed by atoms with Crippen LogP contribution in [-0.2, 0) is 19.4 Å². The Hall–Kier alpha value is -4.00. The standard InChI is InChI=1S/C32H35N3O3/c1-23-12-17-30(34-21-23)27-15-13-25(14-16-27)18-28(35(32(37)38)22-26-10-6-3-7-11-26)20-31(36)29(33)19-24-8-4-2-5-9-24/h2-17,21,28-29,31,36H,18-20,22,33H2,1H3,(H,37,38)/t28?,29-,31-/m0/s1. The number of carbonyl (C=O) groups is 1. The lowest BCUT2D eigenvalue weighted by Crippen LogP contribution is -2.46. The summed E-state index contributed by atoms with van der Waals surface area (Å²) >= 11 is 0. The highest BCUT2D eigenvalue weighted by Gasteiger charge is 2.28. The molecule has 0 aliphatic rings. The molecule has 3 aromatic carbocycles. The van der Waals surface area contributed by atoms with Crippen LogP contribution in [0.2, 0.25) is 0 Å². The van der Waals surface area contributed by atoms with Crippen LogP contribution >= 0.6 is 0 Å². The molecule has 1 aromatic heterocycles. The number of hydrogen-bond donors (Lipinski definition) is 3. The highest BCUT2D eigenvalue weighted by atomic mass is 16.4. The first-order valence-electron chi connectivity index (χ1n) is 12.9. The van der Waals surface area contributed by atoms with Crippen LogP contribution < -0.4 is 5.73 Å². The van der Waals surface area contributed by atoms with Crippen molar-refractivity contribution in [3.05, 3.63) is 126 Å². The number of aliphatic hydroxyl groups is 1. The van der Waals surface area contributed by atoms with Crippen LogP contribution in [0.3, 0.4) is 0 Å². The fourth-order valence-electron chi connectivity index (χ4n) is 4.65. The third-order valence-corrected chi connectivity index (χ3v) is 6.84. The van der Waals surface area contributed by atoms with Crippen LogP contribution in [0.1, 0.15) is 28.7 Å². The average Bonchev–Trinajstić information content (AvgIpc) is 2.93. The molecule has 6 heteroatoms. The summed E-state index contributed by atoms with van der Waals surface area (Å²) in [5, 5.41) is 21.3. The van der Waals surface area contributed by atoms with Gasteiger partial charge in [-0.15, -0.1) is 0 Å². The molecule has 4 N–H and O–H groups in total. The molecule has 0 fully saturated rings. The molecule has 1 heterocycles. The van der Waals surface area contributed by atoms with Gasteiger partial charge in [-0.2, -0.15) is 0 Å². The molecule has 0 aliphatic carbocycles. The van der Waals surface area contributed by atoms with Gasteiger partial charge in [0.15, 0.2) is 0 Å². The fraction of sp³-hybridized carbons (Fsp3) is 0.250. The minimum absolute atomic E-state index is 0.229. The van der Waals surface area contributed by atoms with E-state index in [4.69, 9.17) is 5.73 Å². The molecule has 3 atom stereocenters. The predicted octanol–water partition coefficient (Wildman–Crippen LogP) is 5.47. The number of pyridine rings is 1. The number of benzene rings is 3. The van der Waals surface area contributed by atoms with E-state index in [0.29, 0.717) is 12.8 Å². The lowest BCUT2D eigenvalue weighted by Gasteiger charge is -2.33. The molecule has 0 bridgehead atoms. The molecule has 0 saturated carbocycles. The van der Waals surface area contributed by atoms with Gasteiger partial charge >= 0.3 is 6.09 Å². The predicted molar refractivity (Wildman–Crippen MR) is 151 cm³/mol. The number of nitrogens with two attached hydrogens (primary N) is 1. The van der Waals surface area contributed by atoms with E-state index in [0.717, 1.165) is 33.5 Å². The van der Waals surface area contributed by atoms with Crippen molar-refractivity contribution >= 4 is 6.09 Å². The molecule has 0 aliphatic heterocycles. The number of carboxylic acid groups (broad SMARTS) is 1. The molecular weight excluding hydrogens is 474 g/mol. The number of nitrogens with zero attached hydrogens (tertiary/aromatic N) is 2. The number of aryl methyl sites for hydroxylation is 1. The molecule has 0 spiro atoms. The highest BCUT2D eigenvalue weighted by Crippen LogP contribution is 2.23. The van der Waals surface area contributed by atoms with Crippen molar-refractivity contribution in [2.24, 2.45) is 5.73 Å². The average molecular weight is 510 g/mol. The van der Waals surface area contributed by atoms with Gasteiger partial charge in [0.2, 0.25) is 0 Å². The second-order valence-corrected chi connectivity index (χ2v) is 9.83. The summed E-state index contributed by atoms with van der Waals surface area (Å²) in [5.41, 5.74) is 12.3. The summed E-state index contributed by atoms with van der Waals surface area (Å²) in [6.45, 7) is 2.23. The monoisotopic (exact) mass is 509 g/mol. The molecule has 0 saturated heterocycles. The SMILES string of the molecule is Cc1ccc(-c2ccc(CC(C[C@H](O)[C@@H](N)Cc3ccccc3)N(Cc3ccccc3)C(=O)O)cc2)nc1. The molecule has 1 unspecified atom stereocenters. The van der Waals surface area contributed by atoms with E-state index in [1.165, 1.54) is 4.90 Å². The molecular formula is C32H35N3O3. The summed E-state index contributed by atoms with van der Waals surface area (Å²) in [7, 11) is 0. The van der Waals surface area contributed by atoms with E-state index in [1.807, 2.05) is 110 Å². The van der Waals surface area contributed by atoms with Crippen LogP contribution in [0.25, 0.3) is 11.3 Å². The Balaban J connectivity index is 1.54. The van der Waals surface area contributed by atoms with E-state index >= 15 is 0 Å². The van der Waals surface area contributed by atoms with Crippen molar-refractivity contribution in [2.75, 3.05) is 0 Å². The summed E-state index contributed by atoms with van der Waals surface area (Å²) < 4.78 is 0. The van der Waals surface area contributed by atoms with Crippen molar-refractivity contribution < 1.29 is 15.0 Å². The molecule has 196 valence electrons. The number of aromatic nitrogens is 1. The smallest absolute Gasteiger partial charge is 0.407 e. The van der Waals surface area contributed by atoms with E-state index < -0.39 is 24.3 Å². The highest BCUT2D eigenvalue weighted by molar-refractivity contribution is 5.65. The zero-order chi connectivity index (χ0) is 26.9. The zero-order valence-corrected chi connectivity index (χ0v) is 21.6. The number of aliphatic hydroxyl groups excluding tert-OH is 1. The fourth-order valence-corrected chi connectivity index (χ4v) is 4.65. The van der Waals surface area contributed by atoms with Gasteiger partial charge in [-0.05, 0) is 54.5 Å². The third kappa shape index (κ3) is 7.51. The van der Waals surface area contributed by atoms with Crippen LogP contribution in [0.15, 0.2) is 103 Å². The maximum atomic E-state index is 12.4. The Morgan fingerprint density at radius 1 is 0.842 bits per heavy atom. The van der Waals surface area contributed by atoms with Gasteiger partial charge in [-0.1, -0.05) is 91.0 Å². The molecule has 0 radical (unpaired) electrons. The van der Waals surface area contributed by atoms with Crippen LogP contribution in [0.4, 0.5) is 4.79 Å². The maximum Gasteiger partial charge on any atom is 0.407 e. The van der Waals surface area contributed by atoms with Gasteiger partial charge in [-0.25, -0.2) is 4.79 Å². The van der Waals surface area contributed by atoms with E-state index in [1.54, 1.807) is 0 Å². The van der Waals surface area contributed by atoms with Crippen LogP contribution in [-0.4, -0.2) is 44.4 Å². The minimum Gasteiger partial charge on any atom is -0.465 e. The molecule has 6 nitrogen and oxygen atoms in total. The van der Waals surface area contributed by atoms with Crippen molar-refractivity contribution in [1.82, 2.24) is 9.88 Å². The van der Waals surface area contributed by atoms with Crippen molar-refractivity contribution in [1.29, 1.82) is 0 Å². The minimum atomic E-state index is -1.02. The summed E-state index contributed by atoms with van der Waals surface area (Å²) in [6, 6.07) is 30.4. The van der Waals surface area contributed by atoms with E-state index in [2.05, 4.69) is 4.98 Å². The first kappa shape index (κ1) is 27.0. The molecule has 4 rings (SSSR count). The Morgan fingerprint density at radius 3 is 2.03 bits per heavy atom. The van der Waals surface area contributed by atoms with E-state index in [9.17, 15) is 15.0 Å². The lowest BCUT2D eigenvalue weighted by atomic mass is 9.93. The van der Waals surface area contributed by atoms with E-state index in [-0.39, 0.29) is 13.0 Å². The third-order valence-electron chi connectivity index (χ3n) is 6.84. The molecule has 1 amide bonds. The largest absolute Gasteiger partial charge is 0.465 e. The normalized spacial score (nSPS) is 13.4. The van der Waals surface area contributed by atoms with Gasteiger partial charge < -0.3 is 20.8 Å².